The van der Waals surface area contributed by atoms with Crippen LogP contribution in [0.4, 0.5) is 0 Å². The van der Waals surface area contributed by atoms with Crippen molar-refractivity contribution in [3.8, 4) is 0 Å². The van der Waals surface area contributed by atoms with E-state index in [0.717, 1.165) is 6.42 Å². The Hall–Kier alpha value is -0.860. The van der Waals surface area contributed by atoms with Crippen LogP contribution in [-0.2, 0) is 9.59 Å². The van der Waals surface area contributed by atoms with Gasteiger partial charge in [-0.3, -0.25) is 9.59 Å². The molecule has 0 spiro atoms. The van der Waals surface area contributed by atoms with Crippen LogP contribution < -0.4 is 0 Å². The van der Waals surface area contributed by atoms with Crippen LogP contribution >= 0.6 is 0 Å². The third kappa shape index (κ3) is 2.64. The maximum atomic E-state index is 10.9. The van der Waals surface area contributed by atoms with Crippen molar-refractivity contribution in [2.24, 2.45) is 5.92 Å². The molecule has 0 N–H and O–H groups in total. The summed E-state index contributed by atoms with van der Waals surface area (Å²) < 4.78 is 0. The highest BCUT2D eigenvalue weighted by Crippen LogP contribution is 2.11. The number of likely N-dealkylation sites (N-methyl/N-ethyl adjacent to an activating group) is 1. The number of hydrogen-bond donors (Lipinski definition) is 0. The maximum absolute atomic E-state index is 10.9. The number of nitrogens with zero attached hydrogens (tertiary/aromatic N) is 1. The SMILES string of the molecule is CCC(C)C([C]=O)N(C)C(C)=O. The van der Waals surface area contributed by atoms with Crippen molar-refractivity contribution < 1.29 is 9.59 Å². The molecule has 2 unspecified atom stereocenters. The lowest BCUT2D eigenvalue weighted by atomic mass is 9.99. The first-order valence-electron chi connectivity index (χ1n) is 4.15. The van der Waals surface area contributed by atoms with Gasteiger partial charge < -0.3 is 4.90 Å². The molecule has 0 fully saturated rings. The summed E-state index contributed by atoms with van der Waals surface area (Å²) in [5, 5.41) is 0. The average Bonchev–Trinajstić information content (AvgIpc) is 2.05. The van der Waals surface area contributed by atoms with E-state index < -0.39 is 6.04 Å². The summed E-state index contributed by atoms with van der Waals surface area (Å²) in [4.78, 5) is 22.9. The Morgan fingerprint density at radius 1 is 1.58 bits per heavy atom. The smallest absolute Gasteiger partial charge is 0.223 e. The Kier molecular flexibility index (Phi) is 4.55. The van der Waals surface area contributed by atoms with E-state index in [4.69, 9.17) is 0 Å². The van der Waals surface area contributed by atoms with E-state index in [1.54, 1.807) is 7.05 Å². The predicted octanol–water partition coefficient (Wildman–Crippen LogP) is 0.989. The molecule has 0 saturated carbocycles. The second kappa shape index (κ2) is 4.91. The van der Waals surface area contributed by atoms with E-state index in [0.29, 0.717) is 0 Å². The van der Waals surface area contributed by atoms with Crippen molar-refractivity contribution in [2.75, 3.05) is 7.05 Å². The van der Waals surface area contributed by atoms with Crippen molar-refractivity contribution in [3.63, 3.8) is 0 Å². The van der Waals surface area contributed by atoms with E-state index in [-0.39, 0.29) is 11.8 Å². The molecule has 0 heterocycles. The first-order valence-corrected chi connectivity index (χ1v) is 4.15. The van der Waals surface area contributed by atoms with Crippen molar-refractivity contribution in [1.82, 2.24) is 4.90 Å². The van der Waals surface area contributed by atoms with Gasteiger partial charge in [0.15, 0.2) is 0 Å². The number of hydrogen-bond acceptors (Lipinski definition) is 2. The van der Waals surface area contributed by atoms with Crippen LogP contribution in [0.25, 0.3) is 0 Å². The molecule has 0 aromatic heterocycles. The lowest BCUT2D eigenvalue weighted by molar-refractivity contribution is -0.129. The van der Waals surface area contributed by atoms with Crippen LogP contribution in [0.5, 0.6) is 0 Å². The minimum atomic E-state index is -0.396. The normalized spacial score (nSPS) is 15.0. The second-order valence-electron chi connectivity index (χ2n) is 3.08. The first-order chi connectivity index (χ1) is 5.54. The van der Waals surface area contributed by atoms with Crippen molar-refractivity contribution >= 4 is 12.2 Å². The molecule has 1 amide bonds. The van der Waals surface area contributed by atoms with Crippen LogP contribution in [0.15, 0.2) is 0 Å². The Morgan fingerprint density at radius 2 is 2.08 bits per heavy atom. The van der Waals surface area contributed by atoms with Crippen LogP contribution in [-0.4, -0.2) is 30.2 Å². The summed E-state index contributed by atoms with van der Waals surface area (Å²) in [5.41, 5.74) is 0. The van der Waals surface area contributed by atoms with Crippen LogP contribution in [0.3, 0.4) is 0 Å². The fraction of sp³-hybridized carbons (Fsp3) is 0.778. The van der Waals surface area contributed by atoms with E-state index in [1.165, 1.54) is 11.8 Å². The number of carbonyl (C=O) groups excluding carboxylic acids is 2. The molecular weight excluding hydrogens is 154 g/mol. The highest BCUT2D eigenvalue weighted by Gasteiger charge is 2.22. The fourth-order valence-corrected chi connectivity index (χ4v) is 0.996. The molecule has 1 radical (unpaired) electrons. The molecule has 0 aliphatic rings. The van der Waals surface area contributed by atoms with Crippen LogP contribution in [0.1, 0.15) is 27.2 Å². The van der Waals surface area contributed by atoms with Gasteiger partial charge in [-0.25, -0.2) is 0 Å². The topological polar surface area (TPSA) is 37.4 Å². The number of amides is 1. The van der Waals surface area contributed by atoms with Crippen LogP contribution in [0.2, 0.25) is 0 Å². The Bertz CT molecular complexity index is 168. The largest absolute Gasteiger partial charge is 0.335 e. The Balaban J connectivity index is 4.33. The van der Waals surface area contributed by atoms with Crippen LogP contribution in [0, 0.1) is 5.92 Å². The van der Waals surface area contributed by atoms with E-state index >= 15 is 0 Å². The lowest BCUT2D eigenvalue weighted by Crippen LogP contribution is -2.40. The molecule has 0 bridgehead atoms. The molecule has 2 atom stereocenters. The second-order valence-corrected chi connectivity index (χ2v) is 3.08. The quantitative estimate of drug-likeness (QED) is 0.631. The molecular formula is C9H16NO2. The van der Waals surface area contributed by atoms with Crippen molar-refractivity contribution in [2.45, 2.75) is 33.2 Å². The predicted molar refractivity (Wildman–Crippen MR) is 47.4 cm³/mol. The van der Waals surface area contributed by atoms with Gasteiger partial charge in [-0.15, -0.1) is 0 Å². The van der Waals surface area contributed by atoms with Gasteiger partial charge in [-0.1, -0.05) is 20.3 Å². The summed E-state index contributed by atoms with van der Waals surface area (Å²) >= 11 is 0. The van der Waals surface area contributed by atoms with Gasteiger partial charge in [0.1, 0.15) is 6.04 Å². The third-order valence-electron chi connectivity index (χ3n) is 2.22. The fourth-order valence-electron chi connectivity index (χ4n) is 0.996. The van der Waals surface area contributed by atoms with Crippen molar-refractivity contribution in [1.29, 1.82) is 0 Å². The highest BCUT2D eigenvalue weighted by molar-refractivity contribution is 5.77. The molecule has 0 saturated heterocycles. The van der Waals surface area contributed by atoms with Gasteiger partial charge in [-0.05, 0) is 5.92 Å². The molecule has 69 valence electrons. The highest BCUT2D eigenvalue weighted by atomic mass is 16.2. The zero-order valence-corrected chi connectivity index (χ0v) is 8.13. The Labute approximate surface area is 73.7 Å². The standard InChI is InChI=1S/C9H16NO2/c1-5-7(2)9(6-11)10(4)8(3)12/h7,9H,5H2,1-4H3. The van der Waals surface area contributed by atoms with E-state index in [9.17, 15) is 9.59 Å². The summed E-state index contributed by atoms with van der Waals surface area (Å²) in [5.74, 6) is 0.0834. The summed E-state index contributed by atoms with van der Waals surface area (Å²) in [6.45, 7) is 5.38. The van der Waals surface area contributed by atoms with Gasteiger partial charge in [0.05, 0.1) is 0 Å². The zero-order chi connectivity index (χ0) is 9.72. The zero-order valence-electron chi connectivity index (χ0n) is 8.13. The molecule has 0 aliphatic heterocycles. The van der Waals surface area contributed by atoms with E-state index in [2.05, 4.69) is 0 Å². The van der Waals surface area contributed by atoms with E-state index in [1.807, 2.05) is 20.1 Å². The third-order valence-corrected chi connectivity index (χ3v) is 2.22. The molecule has 3 nitrogen and oxygen atoms in total. The van der Waals surface area contributed by atoms with Gasteiger partial charge >= 0.3 is 0 Å². The van der Waals surface area contributed by atoms with Gasteiger partial charge in [0, 0.05) is 14.0 Å². The molecule has 0 aromatic rings. The first kappa shape index (κ1) is 11.1. The van der Waals surface area contributed by atoms with Crippen molar-refractivity contribution in [3.05, 3.63) is 0 Å². The molecule has 12 heavy (non-hydrogen) atoms. The molecule has 0 aromatic carbocycles. The molecule has 0 rings (SSSR count). The lowest BCUT2D eigenvalue weighted by Gasteiger charge is -2.26. The van der Waals surface area contributed by atoms with Gasteiger partial charge in [-0.2, -0.15) is 0 Å². The number of rotatable bonds is 4. The number of carbonyl (C=O) groups is 1. The summed E-state index contributed by atoms with van der Waals surface area (Å²) in [6, 6.07) is -0.396. The molecule has 0 aliphatic carbocycles. The molecule has 3 heteroatoms. The minimum Gasteiger partial charge on any atom is -0.335 e. The summed E-state index contributed by atoms with van der Waals surface area (Å²) in [7, 11) is 1.63. The monoisotopic (exact) mass is 170 g/mol. The van der Waals surface area contributed by atoms with Gasteiger partial charge in [0.2, 0.25) is 12.2 Å². The van der Waals surface area contributed by atoms with Gasteiger partial charge in [0.25, 0.3) is 0 Å². The average molecular weight is 170 g/mol. The maximum Gasteiger partial charge on any atom is 0.223 e. The minimum absolute atomic E-state index is 0.0938. The Morgan fingerprint density at radius 3 is 2.33 bits per heavy atom. The summed E-state index contributed by atoms with van der Waals surface area (Å²) in [6.07, 6.45) is 2.76.